The number of aliphatic carboxylic acids is 1. The van der Waals surface area contributed by atoms with Crippen LogP contribution in [-0.4, -0.2) is 33.5 Å². The van der Waals surface area contributed by atoms with Gasteiger partial charge >= 0.3 is 5.97 Å². The van der Waals surface area contributed by atoms with Crippen molar-refractivity contribution in [2.24, 2.45) is 5.41 Å². The van der Waals surface area contributed by atoms with Crippen LogP contribution in [0.4, 0.5) is 5.13 Å². The van der Waals surface area contributed by atoms with Crippen molar-refractivity contribution in [3.05, 3.63) is 6.33 Å². The fraction of sp³-hybridized carbons (Fsp3) is 0.727. The number of carboxylic acids is 1. The summed E-state index contributed by atoms with van der Waals surface area (Å²) in [5.41, 5.74) is -0.599. The fourth-order valence-corrected chi connectivity index (χ4v) is 3.12. The second-order valence-corrected chi connectivity index (χ2v) is 5.34. The van der Waals surface area contributed by atoms with Gasteiger partial charge in [-0.15, -0.1) is 0 Å². The van der Waals surface area contributed by atoms with Gasteiger partial charge in [-0.25, -0.2) is 4.98 Å². The summed E-state index contributed by atoms with van der Waals surface area (Å²) < 4.78 is 3.98. The Labute approximate surface area is 105 Å². The highest BCUT2D eigenvalue weighted by molar-refractivity contribution is 7.09. The lowest BCUT2D eigenvalue weighted by Gasteiger charge is -2.39. The van der Waals surface area contributed by atoms with Crippen molar-refractivity contribution >= 4 is 22.6 Å². The van der Waals surface area contributed by atoms with Gasteiger partial charge in [0.1, 0.15) is 6.33 Å². The number of rotatable bonds is 4. The molecule has 0 aliphatic carbocycles. The summed E-state index contributed by atoms with van der Waals surface area (Å²) in [6.45, 7) is 3.48. The molecule has 6 heteroatoms. The zero-order valence-corrected chi connectivity index (χ0v) is 10.7. The van der Waals surface area contributed by atoms with Crippen LogP contribution in [-0.2, 0) is 4.79 Å². The van der Waals surface area contributed by atoms with Crippen LogP contribution in [0, 0.1) is 5.41 Å². The van der Waals surface area contributed by atoms with Gasteiger partial charge in [-0.2, -0.15) is 4.37 Å². The standard InChI is InChI=1S/C11H17N3O2S/c1-2-4-11(9(15)16)5-3-6-14(7-11)10-12-8-13-17-10/h8H,2-7H2,1H3,(H,15,16). The minimum absolute atomic E-state index is 0.561. The second kappa shape index (κ2) is 5.00. The van der Waals surface area contributed by atoms with Gasteiger partial charge in [0.25, 0.3) is 0 Å². The molecule has 1 saturated heterocycles. The predicted molar refractivity (Wildman–Crippen MR) is 66.3 cm³/mol. The highest BCUT2D eigenvalue weighted by Gasteiger charge is 2.42. The normalized spacial score (nSPS) is 24.9. The van der Waals surface area contributed by atoms with E-state index in [1.807, 2.05) is 6.92 Å². The van der Waals surface area contributed by atoms with Crippen LogP contribution in [0.1, 0.15) is 32.6 Å². The SMILES string of the molecule is CCCC1(C(=O)O)CCCN(c2ncns2)C1. The number of piperidine rings is 1. The summed E-state index contributed by atoms with van der Waals surface area (Å²) in [6, 6.07) is 0. The molecule has 0 bridgehead atoms. The largest absolute Gasteiger partial charge is 0.481 e. The van der Waals surface area contributed by atoms with Crippen LogP contribution in [0.15, 0.2) is 6.33 Å². The molecule has 1 aliphatic rings. The van der Waals surface area contributed by atoms with Gasteiger partial charge < -0.3 is 10.0 Å². The van der Waals surface area contributed by atoms with Crippen molar-refractivity contribution < 1.29 is 9.90 Å². The number of carboxylic acid groups (broad SMARTS) is 1. The molecule has 1 N–H and O–H groups in total. The third-order valence-electron chi connectivity index (χ3n) is 3.38. The van der Waals surface area contributed by atoms with Gasteiger partial charge in [-0.3, -0.25) is 4.79 Å². The monoisotopic (exact) mass is 255 g/mol. The maximum absolute atomic E-state index is 11.5. The Hall–Kier alpha value is -1.17. The first-order valence-corrected chi connectivity index (χ1v) is 6.70. The maximum Gasteiger partial charge on any atom is 0.311 e. The van der Waals surface area contributed by atoms with Gasteiger partial charge in [0.2, 0.25) is 5.13 Å². The zero-order chi connectivity index (χ0) is 12.3. The Kier molecular flexibility index (Phi) is 3.61. The number of nitrogens with zero attached hydrogens (tertiary/aromatic N) is 3. The fourth-order valence-electron chi connectivity index (χ4n) is 2.57. The minimum Gasteiger partial charge on any atom is -0.481 e. The minimum atomic E-state index is -0.673. The molecular formula is C11H17N3O2S. The van der Waals surface area contributed by atoms with E-state index in [1.54, 1.807) is 0 Å². The number of anilines is 1. The third-order valence-corrected chi connectivity index (χ3v) is 4.11. The molecule has 0 saturated carbocycles. The van der Waals surface area contributed by atoms with E-state index in [-0.39, 0.29) is 0 Å². The van der Waals surface area contributed by atoms with E-state index in [9.17, 15) is 9.90 Å². The van der Waals surface area contributed by atoms with Crippen molar-refractivity contribution in [1.82, 2.24) is 9.36 Å². The molecule has 1 aromatic rings. The van der Waals surface area contributed by atoms with Crippen molar-refractivity contribution in [3.8, 4) is 0 Å². The smallest absolute Gasteiger partial charge is 0.311 e. The Bertz CT molecular complexity index is 378. The summed E-state index contributed by atoms with van der Waals surface area (Å²) in [5, 5.41) is 10.3. The van der Waals surface area contributed by atoms with E-state index in [2.05, 4.69) is 14.3 Å². The summed E-state index contributed by atoms with van der Waals surface area (Å²) >= 11 is 1.33. The number of carbonyl (C=O) groups is 1. The molecule has 2 rings (SSSR count). The molecule has 1 unspecified atom stereocenters. The van der Waals surface area contributed by atoms with E-state index in [1.165, 1.54) is 17.9 Å². The van der Waals surface area contributed by atoms with E-state index >= 15 is 0 Å². The highest BCUT2D eigenvalue weighted by Crippen LogP contribution is 2.37. The Morgan fingerprint density at radius 3 is 3.12 bits per heavy atom. The van der Waals surface area contributed by atoms with Gasteiger partial charge in [0.15, 0.2) is 0 Å². The molecule has 1 aromatic heterocycles. The molecule has 0 amide bonds. The summed E-state index contributed by atoms with van der Waals surface area (Å²) in [5.74, 6) is -0.673. The van der Waals surface area contributed by atoms with Gasteiger partial charge in [0.05, 0.1) is 5.41 Å². The van der Waals surface area contributed by atoms with Crippen molar-refractivity contribution in [3.63, 3.8) is 0 Å². The molecular weight excluding hydrogens is 238 g/mol. The average Bonchev–Trinajstić information content (AvgIpc) is 2.83. The molecule has 17 heavy (non-hydrogen) atoms. The molecule has 0 radical (unpaired) electrons. The molecule has 1 fully saturated rings. The molecule has 2 heterocycles. The Morgan fingerprint density at radius 2 is 2.53 bits per heavy atom. The first kappa shape index (κ1) is 12.3. The van der Waals surface area contributed by atoms with Crippen LogP contribution < -0.4 is 4.90 Å². The highest BCUT2D eigenvalue weighted by atomic mass is 32.1. The number of aromatic nitrogens is 2. The number of hydrogen-bond donors (Lipinski definition) is 1. The first-order chi connectivity index (χ1) is 8.18. The first-order valence-electron chi connectivity index (χ1n) is 5.93. The third kappa shape index (κ3) is 2.41. The lowest BCUT2D eigenvalue weighted by molar-refractivity contribution is -0.150. The van der Waals surface area contributed by atoms with Crippen LogP contribution in [0.2, 0.25) is 0 Å². The van der Waals surface area contributed by atoms with E-state index < -0.39 is 11.4 Å². The van der Waals surface area contributed by atoms with Crippen LogP contribution in [0.5, 0.6) is 0 Å². The lowest BCUT2D eigenvalue weighted by Crippen LogP contribution is -2.48. The molecule has 94 valence electrons. The molecule has 1 aliphatic heterocycles. The average molecular weight is 255 g/mol. The maximum atomic E-state index is 11.5. The molecule has 0 aromatic carbocycles. The van der Waals surface area contributed by atoms with Gasteiger partial charge in [-0.1, -0.05) is 13.3 Å². The summed E-state index contributed by atoms with van der Waals surface area (Å²) in [6.07, 6.45) is 4.84. The van der Waals surface area contributed by atoms with E-state index in [0.717, 1.165) is 37.4 Å². The Morgan fingerprint density at radius 1 is 1.71 bits per heavy atom. The molecule has 1 atom stereocenters. The van der Waals surface area contributed by atoms with Crippen LogP contribution in [0.25, 0.3) is 0 Å². The number of hydrogen-bond acceptors (Lipinski definition) is 5. The van der Waals surface area contributed by atoms with Crippen molar-refractivity contribution in [2.45, 2.75) is 32.6 Å². The van der Waals surface area contributed by atoms with Crippen LogP contribution in [0.3, 0.4) is 0 Å². The quantitative estimate of drug-likeness (QED) is 0.891. The summed E-state index contributed by atoms with van der Waals surface area (Å²) in [7, 11) is 0. The Balaban J connectivity index is 2.17. The van der Waals surface area contributed by atoms with Crippen LogP contribution >= 0.6 is 11.5 Å². The summed E-state index contributed by atoms with van der Waals surface area (Å²) in [4.78, 5) is 17.7. The van der Waals surface area contributed by atoms with E-state index in [0.29, 0.717) is 6.54 Å². The van der Waals surface area contributed by atoms with Gasteiger partial charge in [0, 0.05) is 24.6 Å². The second-order valence-electron chi connectivity index (χ2n) is 4.58. The topological polar surface area (TPSA) is 66.3 Å². The predicted octanol–water partition coefficient (Wildman–Crippen LogP) is 2.01. The molecule has 5 nitrogen and oxygen atoms in total. The van der Waals surface area contributed by atoms with E-state index in [4.69, 9.17) is 0 Å². The zero-order valence-electron chi connectivity index (χ0n) is 9.93. The van der Waals surface area contributed by atoms with Crippen molar-refractivity contribution in [1.29, 1.82) is 0 Å². The van der Waals surface area contributed by atoms with Gasteiger partial charge in [-0.05, 0) is 19.3 Å². The molecule has 0 spiro atoms. The van der Waals surface area contributed by atoms with Crippen molar-refractivity contribution in [2.75, 3.05) is 18.0 Å². The lowest BCUT2D eigenvalue weighted by atomic mass is 9.76.